The number of amides is 2. The number of pyridine rings is 2. The maximum atomic E-state index is 13.1. The second-order valence-electron chi connectivity index (χ2n) is 7.14. The first kappa shape index (κ1) is 20.3. The molecule has 8 nitrogen and oxygen atoms in total. The van der Waals surface area contributed by atoms with E-state index in [0.29, 0.717) is 36.0 Å². The van der Waals surface area contributed by atoms with Crippen LogP contribution in [0.5, 0.6) is 5.88 Å². The van der Waals surface area contributed by atoms with E-state index in [0.717, 1.165) is 17.5 Å². The zero-order valence-electron chi connectivity index (χ0n) is 17.4. The Hall–Kier alpha value is -3.93. The molecule has 0 saturated carbocycles. The Morgan fingerprint density at radius 3 is 2.81 bits per heavy atom. The molecule has 0 radical (unpaired) electrons. The first-order chi connectivity index (χ1) is 14.9. The number of aryl methyl sites for hydroxylation is 1. The molecule has 2 amide bonds. The minimum absolute atomic E-state index is 0.321. The molecule has 3 aromatic rings. The fourth-order valence-electron chi connectivity index (χ4n) is 3.12. The molecular formula is C22H21FN6O2. The molecule has 1 aliphatic rings. The van der Waals surface area contributed by atoms with Crippen LogP contribution in [0.25, 0.3) is 0 Å². The lowest BCUT2D eigenvalue weighted by atomic mass is 10.2. The molecule has 0 fully saturated rings. The van der Waals surface area contributed by atoms with Crippen molar-refractivity contribution < 1.29 is 13.9 Å². The number of rotatable bonds is 2. The molecular weight excluding hydrogens is 399 g/mol. The standard InChI is InChI=1S/C22H21FN6O2/c1-14(19-7-6-18(23)13-24-19)27-22(30)29-8-9-31-21-20(29)10-16(11-25-21)4-5-17-12-26-28(3)15(17)2/h6-7,10-14H,8-9H2,1-3H3,(H,27,30)/t14-/m0/s1. The zero-order valence-corrected chi connectivity index (χ0v) is 17.4. The monoisotopic (exact) mass is 420 g/mol. The fraction of sp³-hybridized carbons (Fsp3) is 0.273. The van der Waals surface area contributed by atoms with Crippen LogP contribution in [0.3, 0.4) is 0 Å². The number of fused-ring (bicyclic) bond motifs is 1. The van der Waals surface area contributed by atoms with Gasteiger partial charge in [-0.05, 0) is 32.0 Å². The molecule has 0 saturated heterocycles. The van der Waals surface area contributed by atoms with Gasteiger partial charge in [0.15, 0.2) is 0 Å². The summed E-state index contributed by atoms with van der Waals surface area (Å²) in [5.41, 5.74) is 3.54. The molecule has 4 rings (SSSR count). The number of hydrogen-bond donors (Lipinski definition) is 1. The van der Waals surface area contributed by atoms with Crippen LogP contribution in [0.1, 0.15) is 35.5 Å². The van der Waals surface area contributed by atoms with Crippen molar-refractivity contribution in [1.29, 1.82) is 0 Å². The van der Waals surface area contributed by atoms with E-state index in [2.05, 4.69) is 32.2 Å². The summed E-state index contributed by atoms with van der Waals surface area (Å²) in [6.07, 6.45) is 4.45. The van der Waals surface area contributed by atoms with Crippen LogP contribution in [-0.4, -0.2) is 38.9 Å². The van der Waals surface area contributed by atoms with Crippen molar-refractivity contribution in [2.45, 2.75) is 19.9 Å². The molecule has 31 heavy (non-hydrogen) atoms. The third-order valence-electron chi connectivity index (χ3n) is 5.03. The second kappa shape index (κ2) is 8.44. The van der Waals surface area contributed by atoms with E-state index in [4.69, 9.17) is 4.74 Å². The number of ether oxygens (including phenoxy) is 1. The number of halogens is 1. The Morgan fingerprint density at radius 1 is 1.26 bits per heavy atom. The Labute approximate surface area is 179 Å². The van der Waals surface area contributed by atoms with Gasteiger partial charge in [0.05, 0.1) is 41.9 Å². The van der Waals surface area contributed by atoms with Gasteiger partial charge in [-0.2, -0.15) is 5.10 Å². The molecule has 9 heteroatoms. The summed E-state index contributed by atoms with van der Waals surface area (Å²) in [5, 5.41) is 7.07. The lowest BCUT2D eigenvalue weighted by Crippen LogP contribution is -2.45. The van der Waals surface area contributed by atoms with Gasteiger partial charge in [0.25, 0.3) is 0 Å². The van der Waals surface area contributed by atoms with E-state index in [1.54, 1.807) is 41.0 Å². The molecule has 0 unspecified atom stereocenters. The lowest BCUT2D eigenvalue weighted by molar-refractivity contribution is 0.235. The maximum Gasteiger partial charge on any atom is 0.322 e. The maximum absolute atomic E-state index is 13.1. The first-order valence-electron chi connectivity index (χ1n) is 9.75. The number of nitrogens with one attached hydrogen (secondary N) is 1. The summed E-state index contributed by atoms with van der Waals surface area (Å²) in [5.74, 6) is 6.11. The average molecular weight is 420 g/mol. The molecule has 1 atom stereocenters. The van der Waals surface area contributed by atoms with Crippen molar-refractivity contribution in [3.63, 3.8) is 0 Å². The molecule has 0 spiro atoms. The molecule has 1 N–H and O–H groups in total. The minimum Gasteiger partial charge on any atom is -0.474 e. The van der Waals surface area contributed by atoms with Gasteiger partial charge >= 0.3 is 6.03 Å². The van der Waals surface area contributed by atoms with Crippen LogP contribution < -0.4 is 15.0 Å². The van der Waals surface area contributed by atoms with E-state index < -0.39 is 11.9 Å². The Balaban J connectivity index is 1.55. The van der Waals surface area contributed by atoms with E-state index in [-0.39, 0.29) is 6.03 Å². The third kappa shape index (κ3) is 4.33. The van der Waals surface area contributed by atoms with E-state index in [1.165, 1.54) is 6.07 Å². The van der Waals surface area contributed by atoms with Crippen molar-refractivity contribution in [2.75, 3.05) is 18.1 Å². The number of anilines is 1. The topological polar surface area (TPSA) is 85.2 Å². The third-order valence-corrected chi connectivity index (χ3v) is 5.03. The van der Waals surface area contributed by atoms with Crippen molar-refractivity contribution in [2.24, 2.45) is 7.05 Å². The molecule has 3 aromatic heterocycles. The molecule has 0 aliphatic carbocycles. The summed E-state index contributed by atoms with van der Waals surface area (Å²) in [6.45, 7) is 4.42. The van der Waals surface area contributed by atoms with Crippen molar-refractivity contribution in [3.05, 3.63) is 65.1 Å². The van der Waals surface area contributed by atoms with Gasteiger partial charge in [-0.25, -0.2) is 14.2 Å². The summed E-state index contributed by atoms with van der Waals surface area (Å²) in [4.78, 5) is 22.8. The lowest BCUT2D eigenvalue weighted by Gasteiger charge is -2.29. The fourth-order valence-corrected chi connectivity index (χ4v) is 3.12. The van der Waals surface area contributed by atoms with Crippen LogP contribution in [0.15, 0.2) is 36.8 Å². The molecule has 0 bridgehead atoms. The number of nitrogens with zero attached hydrogens (tertiary/aromatic N) is 5. The Bertz CT molecular complexity index is 1180. The van der Waals surface area contributed by atoms with E-state index >= 15 is 0 Å². The van der Waals surface area contributed by atoms with Gasteiger partial charge in [0.1, 0.15) is 18.1 Å². The quantitative estimate of drug-likeness (QED) is 0.645. The highest BCUT2D eigenvalue weighted by atomic mass is 19.1. The smallest absolute Gasteiger partial charge is 0.322 e. The van der Waals surface area contributed by atoms with E-state index in [1.807, 2.05) is 14.0 Å². The van der Waals surface area contributed by atoms with Gasteiger partial charge in [0.2, 0.25) is 5.88 Å². The van der Waals surface area contributed by atoms with Crippen LogP contribution in [0.4, 0.5) is 14.9 Å². The van der Waals surface area contributed by atoms with E-state index in [9.17, 15) is 9.18 Å². The predicted octanol–water partition coefficient (Wildman–Crippen LogP) is 2.73. The van der Waals surface area contributed by atoms with Gasteiger partial charge in [0, 0.05) is 18.8 Å². The number of hydrogen-bond acceptors (Lipinski definition) is 5. The van der Waals surface area contributed by atoms with Crippen LogP contribution in [-0.2, 0) is 7.05 Å². The predicted molar refractivity (Wildman–Crippen MR) is 112 cm³/mol. The highest BCUT2D eigenvalue weighted by Crippen LogP contribution is 2.30. The van der Waals surface area contributed by atoms with Crippen LogP contribution in [0.2, 0.25) is 0 Å². The number of carbonyl (C=O) groups is 1. The summed E-state index contributed by atoms with van der Waals surface area (Å²) >= 11 is 0. The van der Waals surface area contributed by atoms with Crippen molar-refractivity contribution in [3.8, 4) is 17.7 Å². The minimum atomic E-state index is -0.425. The van der Waals surface area contributed by atoms with Gasteiger partial charge in [-0.1, -0.05) is 11.8 Å². The number of urea groups is 1. The summed E-state index contributed by atoms with van der Waals surface area (Å²) in [7, 11) is 1.86. The average Bonchev–Trinajstić information content (AvgIpc) is 3.09. The summed E-state index contributed by atoms with van der Waals surface area (Å²) < 4.78 is 20.5. The molecule has 0 aromatic carbocycles. The van der Waals surface area contributed by atoms with Crippen molar-refractivity contribution >= 4 is 11.7 Å². The highest BCUT2D eigenvalue weighted by Gasteiger charge is 2.26. The number of aromatic nitrogens is 4. The van der Waals surface area contributed by atoms with Gasteiger partial charge in [-0.15, -0.1) is 0 Å². The Morgan fingerprint density at radius 2 is 2.10 bits per heavy atom. The SMILES string of the molecule is Cc1c(C#Cc2cnc3c(c2)N(C(=O)N[C@@H](C)c2ccc(F)cn2)CCO3)cnn1C. The zero-order chi connectivity index (χ0) is 22.0. The molecule has 4 heterocycles. The number of carbonyl (C=O) groups excluding carboxylic acids is 1. The second-order valence-corrected chi connectivity index (χ2v) is 7.14. The first-order valence-corrected chi connectivity index (χ1v) is 9.75. The van der Waals surface area contributed by atoms with Crippen LogP contribution >= 0.6 is 0 Å². The van der Waals surface area contributed by atoms with Crippen molar-refractivity contribution in [1.82, 2.24) is 25.1 Å². The molecule has 1 aliphatic heterocycles. The van der Waals surface area contributed by atoms with Crippen LogP contribution in [0, 0.1) is 24.6 Å². The normalized spacial score (nSPS) is 13.5. The van der Waals surface area contributed by atoms with Gasteiger partial charge in [-0.3, -0.25) is 14.6 Å². The van der Waals surface area contributed by atoms with Gasteiger partial charge < -0.3 is 10.1 Å². The highest BCUT2D eigenvalue weighted by molar-refractivity contribution is 5.94. The summed E-state index contributed by atoms with van der Waals surface area (Å²) in [6, 6.07) is 3.92. The Kier molecular flexibility index (Phi) is 5.54. The molecule has 158 valence electrons. The largest absolute Gasteiger partial charge is 0.474 e.